The Bertz CT molecular complexity index is 220. The molecule has 0 amide bonds. The van der Waals surface area contributed by atoms with Crippen molar-refractivity contribution in [2.45, 2.75) is 61.8 Å². The van der Waals surface area contributed by atoms with Crippen molar-refractivity contribution in [1.29, 1.82) is 0 Å². The van der Waals surface area contributed by atoms with Gasteiger partial charge in [-0.15, -0.1) is 6.58 Å². The molecule has 4 atom stereocenters. The molecular weight excluding hydrogens is 246 g/mol. The second-order valence-electron chi connectivity index (χ2n) is 4.84. The average Bonchev–Trinajstić information content (AvgIpc) is 2.33. The van der Waals surface area contributed by atoms with E-state index in [-0.39, 0.29) is 0 Å². The SMILES string of the molecule is C=CCCC(NCCC)C1CSC(C)C(C)S1. The average molecular weight is 274 g/mol. The third kappa shape index (κ3) is 5.27. The smallest absolute Gasteiger partial charge is 0.0295 e. The van der Waals surface area contributed by atoms with Gasteiger partial charge in [-0.1, -0.05) is 26.8 Å². The van der Waals surface area contributed by atoms with E-state index < -0.39 is 0 Å². The van der Waals surface area contributed by atoms with Gasteiger partial charge in [0.15, 0.2) is 0 Å². The number of thioether (sulfide) groups is 2. The minimum atomic E-state index is 0.667. The molecule has 1 N–H and O–H groups in total. The Morgan fingerprint density at radius 2 is 2.18 bits per heavy atom. The largest absolute Gasteiger partial charge is 0.313 e. The molecule has 1 rings (SSSR count). The number of allylic oxidation sites excluding steroid dienone is 1. The third-order valence-electron chi connectivity index (χ3n) is 3.36. The second-order valence-corrected chi connectivity index (χ2v) is 7.88. The van der Waals surface area contributed by atoms with Crippen LogP contribution in [0.25, 0.3) is 0 Å². The molecule has 1 saturated heterocycles. The summed E-state index contributed by atoms with van der Waals surface area (Å²) in [4.78, 5) is 0. The van der Waals surface area contributed by atoms with Crippen LogP contribution in [0.2, 0.25) is 0 Å². The lowest BCUT2D eigenvalue weighted by Crippen LogP contribution is -2.43. The van der Waals surface area contributed by atoms with Crippen LogP contribution in [0.15, 0.2) is 12.7 Å². The Morgan fingerprint density at radius 1 is 1.41 bits per heavy atom. The van der Waals surface area contributed by atoms with E-state index in [2.05, 4.69) is 56.2 Å². The van der Waals surface area contributed by atoms with Gasteiger partial charge in [-0.2, -0.15) is 23.5 Å². The van der Waals surface area contributed by atoms with Gasteiger partial charge in [-0.05, 0) is 25.8 Å². The number of hydrogen-bond acceptors (Lipinski definition) is 3. The zero-order chi connectivity index (χ0) is 12.7. The molecule has 1 heterocycles. The molecule has 4 unspecified atom stereocenters. The van der Waals surface area contributed by atoms with Crippen molar-refractivity contribution in [2.75, 3.05) is 12.3 Å². The zero-order valence-electron chi connectivity index (χ0n) is 11.4. The maximum absolute atomic E-state index is 3.85. The predicted molar refractivity (Wildman–Crippen MR) is 84.3 cm³/mol. The summed E-state index contributed by atoms with van der Waals surface area (Å²) < 4.78 is 0. The summed E-state index contributed by atoms with van der Waals surface area (Å²) in [5.41, 5.74) is 0. The lowest BCUT2D eigenvalue weighted by Gasteiger charge is -2.36. The molecule has 1 aliphatic rings. The molecule has 3 heteroatoms. The highest BCUT2D eigenvalue weighted by atomic mass is 32.2. The van der Waals surface area contributed by atoms with Gasteiger partial charge in [0, 0.05) is 27.5 Å². The minimum absolute atomic E-state index is 0.667. The van der Waals surface area contributed by atoms with E-state index in [4.69, 9.17) is 0 Å². The topological polar surface area (TPSA) is 12.0 Å². The molecule has 0 bridgehead atoms. The van der Waals surface area contributed by atoms with E-state index in [1.807, 2.05) is 6.08 Å². The first kappa shape index (κ1) is 15.5. The fourth-order valence-corrected chi connectivity index (χ4v) is 5.23. The standard InChI is InChI=1S/C14H27NS2/c1-5-7-8-13(15-9-6-2)14-10-16-11(3)12(4)17-14/h5,11-15H,1,6-10H2,2-4H3. The molecule has 0 saturated carbocycles. The monoisotopic (exact) mass is 273 g/mol. The van der Waals surface area contributed by atoms with Crippen molar-refractivity contribution >= 4 is 23.5 Å². The Morgan fingerprint density at radius 3 is 2.76 bits per heavy atom. The molecule has 0 aromatic carbocycles. The third-order valence-corrected chi connectivity index (χ3v) is 6.91. The zero-order valence-corrected chi connectivity index (χ0v) is 13.1. The number of rotatable bonds is 7. The summed E-state index contributed by atoms with van der Waals surface area (Å²) in [7, 11) is 0. The molecule has 100 valence electrons. The first-order valence-corrected chi connectivity index (χ1v) is 8.79. The molecule has 17 heavy (non-hydrogen) atoms. The minimum Gasteiger partial charge on any atom is -0.313 e. The summed E-state index contributed by atoms with van der Waals surface area (Å²) in [6, 6.07) is 0.667. The van der Waals surface area contributed by atoms with Crippen LogP contribution in [0.1, 0.15) is 40.0 Å². The van der Waals surface area contributed by atoms with E-state index in [9.17, 15) is 0 Å². The van der Waals surface area contributed by atoms with Crippen molar-refractivity contribution in [1.82, 2.24) is 5.32 Å². The molecule has 0 aliphatic carbocycles. The highest BCUT2D eigenvalue weighted by Gasteiger charge is 2.30. The van der Waals surface area contributed by atoms with Gasteiger partial charge >= 0.3 is 0 Å². The Balaban J connectivity index is 2.46. The van der Waals surface area contributed by atoms with Gasteiger partial charge in [0.2, 0.25) is 0 Å². The van der Waals surface area contributed by atoms with Crippen LogP contribution < -0.4 is 5.32 Å². The van der Waals surface area contributed by atoms with E-state index in [0.717, 1.165) is 28.7 Å². The van der Waals surface area contributed by atoms with E-state index in [0.29, 0.717) is 6.04 Å². The van der Waals surface area contributed by atoms with Gasteiger partial charge in [0.05, 0.1) is 0 Å². The maximum Gasteiger partial charge on any atom is 0.0295 e. The van der Waals surface area contributed by atoms with Gasteiger partial charge in [0.25, 0.3) is 0 Å². The van der Waals surface area contributed by atoms with Crippen LogP contribution >= 0.6 is 23.5 Å². The van der Waals surface area contributed by atoms with Crippen molar-refractivity contribution in [3.05, 3.63) is 12.7 Å². The van der Waals surface area contributed by atoms with Crippen LogP contribution in [0.5, 0.6) is 0 Å². The maximum atomic E-state index is 3.85. The van der Waals surface area contributed by atoms with Crippen molar-refractivity contribution in [3.63, 3.8) is 0 Å². The van der Waals surface area contributed by atoms with Gasteiger partial charge < -0.3 is 5.32 Å². The summed E-state index contributed by atoms with van der Waals surface area (Å²) in [6.45, 7) is 12.0. The fraction of sp³-hybridized carbons (Fsp3) is 0.857. The van der Waals surface area contributed by atoms with Crippen LogP contribution in [0, 0.1) is 0 Å². The summed E-state index contributed by atoms with van der Waals surface area (Å²) in [6.07, 6.45) is 5.64. The molecular formula is C14H27NS2. The quantitative estimate of drug-likeness (QED) is 0.706. The summed E-state index contributed by atoms with van der Waals surface area (Å²) in [5.74, 6) is 1.30. The number of hydrogen-bond donors (Lipinski definition) is 1. The Hall–Kier alpha value is 0.400. The summed E-state index contributed by atoms with van der Waals surface area (Å²) in [5, 5.41) is 6.10. The lowest BCUT2D eigenvalue weighted by atomic mass is 10.1. The fourth-order valence-electron chi connectivity index (χ4n) is 2.07. The molecule has 0 spiro atoms. The highest BCUT2D eigenvalue weighted by Crippen LogP contribution is 2.37. The Labute approximate surface area is 116 Å². The normalized spacial score (nSPS) is 31.1. The molecule has 0 aromatic heterocycles. The van der Waals surface area contributed by atoms with Crippen LogP contribution in [0.4, 0.5) is 0 Å². The first-order chi connectivity index (χ1) is 8.19. The predicted octanol–water partition coefficient (Wildman–Crippen LogP) is 3.95. The van der Waals surface area contributed by atoms with Gasteiger partial charge in [-0.25, -0.2) is 0 Å². The van der Waals surface area contributed by atoms with Crippen LogP contribution in [-0.4, -0.2) is 34.1 Å². The lowest BCUT2D eigenvalue weighted by molar-refractivity contribution is 0.480. The molecule has 1 fully saturated rings. The van der Waals surface area contributed by atoms with Gasteiger partial charge in [-0.3, -0.25) is 0 Å². The van der Waals surface area contributed by atoms with Crippen molar-refractivity contribution in [2.24, 2.45) is 0 Å². The molecule has 1 nitrogen and oxygen atoms in total. The van der Waals surface area contributed by atoms with Crippen LogP contribution in [0.3, 0.4) is 0 Å². The van der Waals surface area contributed by atoms with E-state index in [1.165, 1.54) is 18.6 Å². The highest BCUT2D eigenvalue weighted by molar-refractivity contribution is 8.07. The number of nitrogens with one attached hydrogen (secondary N) is 1. The van der Waals surface area contributed by atoms with E-state index >= 15 is 0 Å². The molecule has 1 aliphatic heterocycles. The van der Waals surface area contributed by atoms with Crippen molar-refractivity contribution < 1.29 is 0 Å². The first-order valence-electron chi connectivity index (χ1n) is 6.80. The Kier molecular flexibility index (Phi) is 7.72. The molecule has 0 radical (unpaired) electrons. The van der Waals surface area contributed by atoms with E-state index in [1.54, 1.807) is 0 Å². The summed E-state index contributed by atoms with van der Waals surface area (Å²) >= 11 is 4.33. The van der Waals surface area contributed by atoms with Gasteiger partial charge in [0.1, 0.15) is 0 Å². The van der Waals surface area contributed by atoms with Crippen molar-refractivity contribution in [3.8, 4) is 0 Å². The van der Waals surface area contributed by atoms with Crippen LogP contribution in [-0.2, 0) is 0 Å². The second kappa shape index (κ2) is 8.49. The molecule has 0 aromatic rings.